The molecule has 6 nitrogen and oxygen atoms in total. The lowest BCUT2D eigenvalue weighted by atomic mass is 9.57. The van der Waals surface area contributed by atoms with Gasteiger partial charge >= 0.3 is 5.97 Å². The monoisotopic (exact) mass is 398 g/mol. The minimum Gasteiger partial charge on any atom is -0.481 e. The number of hydrogen-bond donors (Lipinski definition) is 2. The molecule has 150 valence electrons. The summed E-state index contributed by atoms with van der Waals surface area (Å²) in [7, 11) is 0. The summed E-state index contributed by atoms with van der Waals surface area (Å²) in [6.45, 7) is 0. The highest BCUT2D eigenvalue weighted by molar-refractivity contribution is 5.91. The Bertz CT molecular complexity index is 1090. The van der Waals surface area contributed by atoms with Gasteiger partial charge in [0.25, 0.3) is 0 Å². The van der Waals surface area contributed by atoms with E-state index in [1.54, 1.807) is 6.20 Å². The molecule has 3 aliphatic rings. The largest absolute Gasteiger partial charge is 0.481 e. The lowest BCUT2D eigenvalue weighted by molar-refractivity contribution is -0.152. The van der Waals surface area contributed by atoms with Crippen LogP contribution in [0, 0.1) is 35.3 Å². The first-order valence-electron chi connectivity index (χ1n) is 9.88. The van der Waals surface area contributed by atoms with Gasteiger partial charge in [-0.2, -0.15) is 0 Å². The molecule has 3 heterocycles. The summed E-state index contributed by atoms with van der Waals surface area (Å²) in [4.78, 5) is 27.3. The van der Waals surface area contributed by atoms with E-state index in [1.807, 2.05) is 0 Å². The van der Waals surface area contributed by atoms with Crippen LogP contribution in [0.15, 0.2) is 24.7 Å². The van der Waals surface area contributed by atoms with Gasteiger partial charge < -0.3 is 10.1 Å². The zero-order chi connectivity index (χ0) is 20.1. The van der Waals surface area contributed by atoms with Crippen molar-refractivity contribution in [1.29, 1.82) is 0 Å². The topological polar surface area (TPSA) is 91.8 Å². The van der Waals surface area contributed by atoms with Gasteiger partial charge in [-0.25, -0.2) is 23.7 Å². The van der Waals surface area contributed by atoms with E-state index in [0.717, 1.165) is 38.1 Å². The summed E-state index contributed by atoms with van der Waals surface area (Å²) in [5.74, 6) is -1.68. The van der Waals surface area contributed by atoms with Crippen molar-refractivity contribution in [3.8, 4) is 11.4 Å². The third-order valence-electron chi connectivity index (χ3n) is 6.66. The van der Waals surface area contributed by atoms with Crippen LogP contribution in [0.3, 0.4) is 0 Å². The molecule has 0 spiro atoms. The van der Waals surface area contributed by atoms with E-state index in [4.69, 9.17) is 0 Å². The molecule has 2 unspecified atom stereocenters. The minimum absolute atomic E-state index is 0.126. The maximum Gasteiger partial charge on any atom is 0.307 e. The molecule has 3 saturated carbocycles. The molecule has 0 radical (unpaired) electrons. The quantitative estimate of drug-likeness (QED) is 0.694. The molecule has 3 aromatic heterocycles. The lowest BCUT2D eigenvalue weighted by Gasteiger charge is -2.46. The second-order valence-electron chi connectivity index (χ2n) is 8.15. The summed E-state index contributed by atoms with van der Waals surface area (Å²) >= 11 is 0. The van der Waals surface area contributed by atoms with Crippen molar-refractivity contribution in [1.82, 2.24) is 19.9 Å². The number of fused-ring (bicyclic) bond motifs is 4. The molecule has 0 aliphatic heterocycles. The fourth-order valence-electron chi connectivity index (χ4n) is 5.31. The van der Waals surface area contributed by atoms with Crippen LogP contribution in [-0.4, -0.2) is 31.0 Å². The number of carboxylic acid groups (broad SMARTS) is 1. The number of rotatable bonds is 4. The van der Waals surface area contributed by atoms with E-state index in [-0.39, 0.29) is 35.7 Å². The van der Waals surface area contributed by atoms with E-state index in [0.29, 0.717) is 16.6 Å². The van der Waals surface area contributed by atoms with Crippen molar-refractivity contribution in [3.63, 3.8) is 0 Å². The lowest BCUT2D eigenvalue weighted by Crippen LogP contribution is -2.45. The molecule has 6 rings (SSSR count). The number of aliphatic carboxylic acids is 1. The molecule has 2 atom stereocenters. The van der Waals surface area contributed by atoms with Crippen LogP contribution in [-0.2, 0) is 11.2 Å². The molecular weight excluding hydrogens is 378 g/mol. The number of nitrogens with one attached hydrogen (secondary N) is 1. The average Bonchev–Trinajstić information content (AvgIpc) is 3.13. The van der Waals surface area contributed by atoms with E-state index < -0.39 is 23.5 Å². The van der Waals surface area contributed by atoms with Gasteiger partial charge in [-0.05, 0) is 55.9 Å². The Hall–Kier alpha value is -2.90. The number of aromatic nitrogens is 4. The van der Waals surface area contributed by atoms with Crippen LogP contribution < -0.4 is 0 Å². The molecule has 3 aliphatic carbocycles. The number of halogens is 2. The maximum absolute atomic E-state index is 14.6. The molecule has 3 fully saturated rings. The number of nitrogens with zero attached hydrogens (tertiary/aromatic N) is 3. The predicted molar refractivity (Wildman–Crippen MR) is 101 cm³/mol. The zero-order valence-electron chi connectivity index (χ0n) is 15.6. The van der Waals surface area contributed by atoms with E-state index in [1.165, 1.54) is 6.07 Å². The van der Waals surface area contributed by atoms with Crippen LogP contribution in [0.4, 0.5) is 8.78 Å². The molecule has 0 aromatic carbocycles. The summed E-state index contributed by atoms with van der Waals surface area (Å²) < 4.78 is 28.2. The third-order valence-corrected chi connectivity index (χ3v) is 6.66. The van der Waals surface area contributed by atoms with Crippen molar-refractivity contribution in [3.05, 3.63) is 42.0 Å². The molecule has 3 aromatic rings. The van der Waals surface area contributed by atoms with Crippen molar-refractivity contribution in [2.24, 2.45) is 23.7 Å². The van der Waals surface area contributed by atoms with Crippen molar-refractivity contribution < 1.29 is 18.7 Å². The Kier molecular flexibility index (Phi) is 4.29. The van der Waals surface area contributed by atoms with Crippen molar-refractivity contribution >= 4 is 17.0 Å². The van der Waals surface area contributed by atoms with Crippen LogP contribution in [0.5, 0.6) is 0 Å². The van der Waals surface area contributed by atoms with Gasteiger partial charge in [0.2, 0.25) is 0 Å². The SMILES string of the molecule is O=C(O)C1C2CCC(CC2)C1Cc1nc(-c2c[nH]c3ncc(F)cc23)ncc1F. The molecule has 8 heteroatoms. The van der Waals surface area contributed by atoms with Gasteiger partial charge in [-0.1, -0.05) is 0 Å². The molecule has 0 amide bonds. The summed E-state index contributed by atoms with van der Waals surface area (Å²) in [6.07, 6.45) is 7.97. The minimum atomic E-state index is -0.794. The van der Waals surface area contributed by atoms with Crippen molar-refractivity contribution in [2.75, 3.05) is 0 Å². The van der Waals surface area contributed by atoms with Crippen molar-refractivity contribution in [2.45, 2.75) is 32.1 Å². The molecule has 2 N–H and O–H groups in total. The maximum atomic E-state index is 14.6. The van der Waals surface area contributed by atoms with E-state index in [2.05, 4.69) is 19.9 Å². The smallest absolute Gasteiger partial charge is 0.307 e. The van der Waals surface area contributed by atoms with Crippen LogP contribution in [0.2, 0.25) is 0 Å². The zero-order valence-corrected chi connectivity index (χ0v) is 15.6. The Morgan fingerprint density at radius 2 is 1.90 bits per heavy atom. The Morgan fingerprint density at radius 1 is 1.14 bits per heavy atom. The van der Waals surface area contributed by atoms with Gasteiger partial charge in [-0.3, -0.25) is 4.79 Å². The third kappa shape index (κ3) is 3.07. The van der Waals surface area contributed by atoms with Crippen LogP contribution >= 0.6 is 0 Å². The second kappa shape index (κ2) is 6.86. The van der Waals surface area contributed by atoms with E-state index in [9.17, 15) is 18.7 Å². The summed E-state index contributed by atoms with van der Waals surface area (Å²) in [5.41, 5.74) is 1.25. The normalized spacial score (nSPS) is 26.1. The standard InChI is InChI=1S/C21H20F2N4O2/c22-12-5-14-15(8-25-19(14)24-7-12)20-26-9-16(23)17(27-20)6-13-10-1-3-11(4-2-10)18(13)21(28)29/h5,7-11,13,18H,1-4,6H2,(H,24,25)(H,28,29). The summed E-state index contributed by atoms with van der Waals surface area (Å²) in [6, 6.07) is 1.33. The van der Waals surface area contributed by atoms with Gasteiger partial charge in [0.15, 0.2) is 11.6 Å². The number of carboxylic acids is 1. The van der Waals surface area contributed by atoms with Gasteiger partial charge in [0, 0.05) is 17.1 Å². The first kappa shape index (κ1) is 18.1. The van der Waals surface area contributed by atoms with Gasteiger partial charge in [0.05, 0.1) is 24.0 Å². The van der Waals surface area contributed by atoms with Gasteiger partial charge in [-0.15, -0.1) is 0 Å². The first-order chi connectivity index (χ1) is 14.0. The number of pyridine rings is 1. The number of hydrogen-bond acceptors (Lipinski definition) is 4. The fourth-order valence-corrected chi connectivity index (χ4v) is 5.31. The fraction of sp³-hybridized carbons (Fsp3) is 0.429. The Morgan fingerprint density at radius 3 is 2.66 bits per heavy atom. The van der Waals surface area contributed by atoms with Crippen LogP contribution in [0.1, 0.15) is 31.4 Å². The Labute approximate surface area is 165 Å². The average molecular weight is 398 g/mol. The first-order valence-corrected chi connectivity index (χ1v) is 9.88. The number of aromatic amines is 1. The number of H-pyrrole nitrogens is 1. The second-order valence-corrected chi connectivity index (χ2v) is 8.15. The Balaban J connectivity index is 1.51. The predicted octanol–water partition coefficient (Wildman–Crippen LogP) is 3.98. The highest BCUT2D eigenvalue weighted by Gasteiger charge is 2.47. The molecule has 0 saturated heterocycles. The highest BCUT2D eigenvalue weighted by Crippen LogP contribution is 2.50. The molecular formula is C21H20F2N4O2. The number of carbonyl (C=O) groups is 1. The molecule has 29 heavy (non-hydrogen) atoms. The van der Waals surface area contributed by atoms with Gasteiger partial charge in [0.1, 0.15) is 11.5 Å². The van der Waals surface area contributed by atoms with E-state index >= 15 is 0 Å². The summed E-state index contributed by atoms with van der Waals surface area (Å²) in [5, 5.41) is 10.3. The molecule has 2 bridgehead atoms. The highest BCUT2D eigenvalue weighted by atomic mass is 19.1. The van der Waals surface area contributed by atoms with Crippen LogP contribution in [0.25, 0.3) is 22.4 Å².